The second-order valence-electron chi connectivity index (χ2n) is 5.25. The van der Waals surface area contributed by atoms with Crippen molar-refractivity contribution >= 4 is 26.0 Å². The summed E-state index contributed by atoms with van der Waals surface area (Å²) in [5.41, 5.74) is 0. The molecule has 2 N–H and O–H groups in total. The quantitative estimate of drug-likeness (QED) is 0.826. The summed E-state index contributed by atoms with van der Waals surface area (Å²) in [5, 5.41) is 3.24. The molecule has 0 radical (unpaired) electrons. The number of halogens is 1. The molecule has 0 unspecified atom stereocenters. The van der Waals surface area contributed by atoms with E-state index in [1.54, 1.807) is 18.2 Å². The Balaban J connectivity index is 2.14. The van der Waals surface area contributed by atoms with Gasteiger partial charge in [-0.05, 0) is 50.9 Å². The van der Waals surface area contributed by atoms with E-state index in [1.165, 1.54) is 7.11 Å². The monoisotopic (exact) mass is 376 g/mol. The molecule has 0 amide bonds. The maximum Gasteiger partial charge on any atom is 0.244 e. The van der Waals surface area contributed by atoms with Crippen molar-refractivity contribution in [1.29, 1.82) is 0 Å². The summed E-state index contributed by atoms with van der Waals surface area (Å²) in [4.78, 5) is 0.176. The van der Waals surface area contributed by atoms with E-state index in [9.17, 15) is 8.42 Å². The maximum atomic E-state index is 12.6. The van der Waals surface area contributed by atoms with E-state index >= 15 is 0 Å². The molecule has 0 aliphatic heterocycles. The average molecular weight is 377 g/mol. The van der Waals surface area contributed by atoms with Crippen LogP contribution in [0.25, 0.3) is 0 Å². The summed E-state index contributed by atoms with van der Waals surface area (Å²) in [6, 6.07) is 5.46. The summed E-state index contributed by atoms with van der Waals surface area (Å²) in [7, 11) is -0.156. The molecule has 0 aromatic heterocycles. The molecule has 0 heterocycles. The maximum absolute atomic E-state index is 12.6. The zero-order valence-corrected chi connectivity index (χ0v) is 14.6. The third-order valence-corrected chi connectivity index (χ3v) is 5.91. The lowest BCUT2D eigenvalue weighted by Gasteiger charge is -2.28. The Bertz CT molecular complexity index is 584. The molecule has 1 fully saturated rings. The minimum absolute atomic E-state index is 0.0108. The van der Waals surface area contributed by atoms with E-state index in [-0.39, 0.29) is 10.9 Å². The number of hydrogen-bond donors (Lipinski definition) is 2. The molecule has 1 aromatic rings. The Morgan fingerprint density at radius 3 is 2.38 bits per heavy atom. The number of sulfonamides is 1. The molecule has 0 saturated heterocycles. The second kappa shape index (κ2) is 7.09. The zero-order chi connectivity index (χ0) is 15.5. The summed E-state index contributed by atoms with van der Waals surface area (Å²) in [6.07, 6.45) is 3.67. The van der Waals surface area contributed by atoms with Crippen LogP contribution >= 0.6 is 15.9 Å². The van der Waals surface area contributed by atoms with Gasteiger partial charge >= 0.3 is 0 Å². The highest BCUT2D eigenvalue weighted by molar-refractivity contribution is 9.10. The fourth-order valence-corrected chi connectivity index (χ4v) is 4.66. The SMILES string of the molecule is CNC1CCC(NS(=O)(=O)c2cc(Br)ccc2OC)CC1. The van der Waals surface area contributed by atoms with Gasteiger partial charge in [-0.1, -0.05) is 15.9 Å². The fraction of sp³-hybridized carbons (Fsp3) is 0.571. The summed E-state index contributed by atoms with van der Waals surface area (Å²) < 4.78 is 33.8. The number of ether oxygens (including phenoxy) is 1. The second-order valence-corrected chi connectivity index (χ2v) is 7.85. The van der Waals surface area contributed by atoms with E-state index in [2.05, 4.69) is 26.0 Å². The molecule has 2 rings (SSSR count). The van der Waals surface area contributed by atoms with E-state index in [4.69, 9.17) is 4.74 Å². The molecule has 5 nitrogen and oxygen atoms in total. The number of hydrogen-bond acceptors (Lipinski definition) is 4. The van der Waals surface area contributed by atoms with Crippen molar-refractivity contribution in [2.45, 2.75) is 42.7 Å². The minimum Gasteiger partial charge on any atom is -0.495 e. The van der Waals surface area contributed by atoms with E-state index in [1.807, 2.05) is 7.05 Å². The van der Waals surface area contributed by atoms with Crippen molar-refractivity contribution < 1.29 is 13.2 Å². The van der Waals surface area contributed by atoms with Gasteiger partial charge in [0.25, 0.3) is 0 Å². The third kappa shape index (κ3) is 4.18. The summed E-state index contributed by atoms with van der Waals surface area (Å²) in [5.74, 6) is 0.356. The van der Waals surface area contributed by atoms with Gasteiger partial charge in [-0.15, -0.1) is 0 Å². The van der Waals surface area contributed by atoms with Crippen molar-refractivity contribution in [3.05, 3.63) is 22.7 Å². The van der Waals surface area contributed by atoms with Crippen LogP contribution in [0.3, 0.4) is 0 Å². The average Bonchev–Trinajstić information content (AvgIpc) is 2.47. The molecular weight excluding hydrogens is 356 g/mol. The number of rotatable bonds is 5. The van der Waals surface area contributed by atoms with E-state index in [0.717, 1.165) is 25.7 Å². The first kappa shape index (κ1) is 16.7. The Labute approximate surface area is 134 Å². The van der Waals surface area contributed by atoms with Crippen LogP contribution in [0.2, 0.25) is 0 Å². The zero-order valence-electron chi connectivity index (χ0n) is 12.2. The lowest BCUT2D eigenvalue weighted by atomic mass is 9.92. The summed E-state index contributed by atoms with van der Waals surface area (Å²) >= 11 is 3.30. The van der Waals surface area contributed by atoms with Crippen molar-refractivity contribution in [2.24, 2.45) is 0 Å². The van der Waals surface area contributed by atoms with Gasteiger partial charge in [-0.2, -0.15) is 0 Å². The lowest BCUT2D eigenvalue weighted by molar-refractivity contribution is 0.342. The molecule has 0 spiro atoms. The van der Waals surface area contributed by atoms with E-state index < -0.39 is 10.0 Å². The fourth-order valence-electron chi connectivity index (χ4n) is 2.64. The first-order valence-corrected chi connectivity index (χ1v) is 9.27. The largest absolute Gasteiger partial charge is 0.495 e. The summed E-state index contributed by atoms with van der Waals surface area (Å²) in [6.45, 7) is 0. The molecule has 1 aliphatic rings. The van der Waals surface area contributed by atoms with Crippen molar-refractivity contribution in [1.82, 2.24) is 10.0 Å². The van der Waals surface area contributed by atoms with Crippen LogP contribution in [0, 0.1) is 0 Å². The highest BCUT2D eigenvalue weighted by atomic mass is 79.9. The first-order valence-electron chi connectivity index (χ1n) is 6.99. The normalized spacial score (nSPS) is 23.0. The van der Waals surface area contributed by atoms with Crippen molar-refractivity contribution in [3.63, 3.8) is 0 Å². The van der Waals surface area contributed by atoms with Crippen LogP contribution in [-0.2, 0) is 10.0 Å². The van der Waals surface area contributed by atoms with Crippen LogP contribution in [0.5, 0.6) is 5.75 Å². The number of benzene rings is 1. The van der Waals surface area contributed by atoms with Gasteiger partial charge < -0.3 is 10.1 Å². The minimum atomic E-state index is -3.57. The first-order chi connectivity index (χ1) is 9.96. The van der Waals surface area contributed by atoms with Crippen LogP contribution in [0.1, 0.15) is 25.7 Å². The van der Waals surface area contributed by atoms with Crippen molar-refractivity contribution in [3.8, 4) is 5.75 Å². The smallest absolute Gasteiger partial charge is 0.244 e. The number of methoxy groups -OCH3 is 1. The third-order valence-electron chi connectivity index (χ3n) is 3.87. The standard InChI is InChI=1S/C14H21BrN2O3S/c1-16-11-4-6-12(7-5-11)17-21(18,19)14-9-10(15)3-8-13(14)20-2/h3,8-9,11-12,16-17H,4-7H2,1-2H3. The molecule has 0 bridgehead atoms. The van der Waals surface area contributed by atoms with Gasteiger partial charge in [0.05, 0.1) is 7.11 Å². The molecule has 1 aromatic carbocycles. The highest BCUT2D eigenvalue weighted by Crippen LogP contribution is 2.28. The molecule has 0 atom stereocenters. The van der Waals surface area contributed by atoms with E-state index in [0.29, 0.717) is 16.3 Å². The molecule has 118 valence electrons. The molecule has 1 aliphatic carbocycles. The van der Waals surface area contributed by atoms with Crippen LogP contribution in [0.15, 0.2) is 27.6 Å². The molecule has 1 saturated carbocycles. The molecular formula is C14H21BrN2O3S. The van der Waals surface area contributed by atoms with Crippen LogP contribution in [0.4, 0.5) is 0 Å². The van der Waals surface area contributed by atoms with Crippen LogP contribution < -0.4 is 14.8 Å². The Hall–Kier alpha value is -0.630. The predicted molar refractivity (Wildman–Crippen MR) is 86.1 cm³/mol. The van der Waals surface area contributed by atoms with Gasteiger partial charge in [0, 0.05) is 16.6 Å². The molecule has 7 heteroatoms. The predicted octanol–water partition coefficient (Wildman–Crippen LogP) is 2.27. The van der Waals surface area contributed by atoms with Gasteiger partial charge in [-0.25, -0.2) is 13.1 Å². The highest BCUT2D eigenvalue weighted by Gasteiger charge is 2.27. The number of nitrogens with one attached hydrogen (secondary N) is 2. The Kier molecular flexibility index (Phi) is 5.65. The Morgan fingerprint density at radius 2 is 1.81 bits per heavy atom. The van der Waals surface area contributed by atoms with Gasteiger partial charge in [0.1, 0.15) is 10.6 Å². The lowest BCUT2D eigenvalue weighted by Crippen LogP contribution is -2.41. The Morgan fingerprint density at radius 1 is 1.19 bits per heavy atom. The van der Waals surface area contributed by atoms with Gasteiger partial charge in [0.15, 0.2) is 0 Å². The van der Waals surface area contributed by atoms with Crippen LogP contribution in [-0.4, -0.2) is 34.7 Å². The van der Waals surface area contributed by atoms with Gasteiger partial charge in [0.2, 0.25) is 10.0 Å². The molecule has 21 heavy (non-hydrogen) atoms. The van der Waals surface area contributed by atoms with Gasteiger partial charge in [-0.3, -0.25) is 0 Å². The van der Waals surface area contributed by atoms with Crippen molar-refractivity contribution in [2.75, 3.05) is 14.2 Å². The topological polar surface area (TPSA) is 67.4 Å².